The Morgan fingerprint density at radius 2 is 1.89 bits per heavy atom. The molecule has 0 aromatic carbocycles. The molecule has 1 aliphatic heterocycles. The first-order chi connectivity index (χ1) is 8.45. The van der Waals surface area contributed by atoms with Gasteiger partial charge in [0, 0.05) is 6.92 Å². The molecule has 110 valence electrons. The van der Waals surface area contributed by atoms with Crippen molar-refractivity contribution in [3.8, 4) is 0 Å². The first-order valence-corrected chi connectivity index (χ1v) is 9.52. The Labute approximate surface area is 116 Å². The maximum absolute atomic E-state index is 11.4. The Hall–Kier alpha value is -0.883. The predicted octanol–water partition coefficient (Wildman–Crippen LogP) is 1.83. The molecule has 0 aliphatic carbocycles. The van der Waals surface area contributed by atoms with Crippen LogP contribution >= 0.6 is 0 Å². The summed E-state index contributed by atoms with van der Waals surface area (Å²) in [6.07, 6.45) is -0.875. The molecule has 5 nitrogen and oxygen atoms in total. The molecule has 1 rings (SSSR count). The normalized spacial score (nSPS) is 25.3. The third-order valence-corrected chi connectivity index (χ3v) is 8.55. The lowest BCUT2D eigenvalue weighted by atomic mass is 9.97. The highest BCUT2D eigenvalue weighted by molar-refractivity contribution is 6.74. The van der Waals surface area contributed by atoms with Gasteiger partial charge >= 0.3 is 5.97 Å². The van der Waals surface area contributed by atoms with Gasteiger partial charge in [-0.15, -0.1) is 0 Å². The lowest BCUT2D eigenvalue weighted by molar-refractivity contribution is -0.167. The van der Waals surface area contributed by atoms with Crippen LogP contribution in [-0.4, -0.2) is 38.4 Å². The van der Waals surface area contributed by atoms with Crippen molar-refractivity contribution in [3.05, 3.63) is 0 Å². The van der Waals surface area contributed by atoms with Gasteiger partial charge in [0.05, 0.1) is 12.1 Å². The van der Waals surface area contributed by atoms with E-state index >= 15 is 0 Å². The molecule has 6 heteroatoms. The molecular formula is C13H25NO4Si. The van der Waals surface area contributed by atoms with E-state index in [4.69, 9.17) is 9.16 Å². The van der Waals surface area contributed by atoms with Crippen LogP contribution in [0.3, 0.4) is 0 Å². The summed E-state index contributed by atoms with van der Waals surface area (Å²) in [4.78, 5) is 22.4. The van der Waals surface area contributed by atoms with Crippen LogP contribution in [0.5, 0.6) is 0 Å². The fourth-order valence-electron chi connectivity index (χ4n) is 1.77. The highest BCUT2D eigenvalue weighted by Gasteiger charge is 2.48. The third kappa shape index (κ3) is 3.57. The van der Waals surface area contributed by atoms with E-state index in [-0.39, 0.29) is 23.1 Å². The van der Waals surface area contributed by atoms with E-state index < -0.39 is 20.4 Å². The van der Waals surface area contributed by atoms with E-state index in [1.807, 2.05) is 6.92 Å². The smallest absolute Gasteiger partial charge is 0.303 e. The molecule has 0 saturated carbocycles. The maximum Gasteiger partial charge on any atom is 0.303 e. The molecule has 1 fully saturated rings. The SMILES string of the molecule is CC(=O)O[C@@H]1C(=O)N[C@@H]1[C@@H](C)O[Si](C)(C)C(C)(C)C. The van der Waals surface area contributed by atoms with Crippen LogP contribution in [-0.2, 0) is 18.8 Å². The average molecular weight is 287 g/mol. The van der Waals surface area contributed by atoms with E-state index in [0.717, 1.165) is 0 Å². The summed E-state index contributed by atoms with van der Waals surface area (Å²) in [5.41, 5.74) is 0. The molecular weight excluding hydrogens is 262 g/mol. The largest absolute Gasteiger partial charge is 0.450 e. The van der Waals surface area contributed by atoms with Crippen LogP contribution in [0.25, 0.3) is 0 Å². The lowest BCUT2D eigenvalue weighted by Crippen LogP contribution is -2.69. The lowest BCUT2D eigenvalue weighted by Gasteiger charge is -2.44. The number of carbonyl (C=O) groups is 2. The Morgan fingerprint density at radius 1 is 1.37 bits per heavy atom. The van der Waals surface area contributed by atoms with Gasteiger partial charge < -0.3 is 14.5 Å². The third-order valence-electron chi connectivity index (χ3n) is 3.98. The average Bonchev–Trinajstić information content (AvgIpc) is 2.20. The minimum atomic E-state index is -1.90. The second-order valence-electron chi connectivity index (χ2n) is 6.65. The first kappa shape index (κ1) is 16.2. The number of rotatable bonds is 4. The number of hydrogen-bond acceptors (Lipinski definition) is 4. The van der Waals surface area contributed by atoms with Crippen LogP contribution < -0.4 is 5.32 Å². The summed E-state index contributed by atoms with van der Waals surface area (Å²) in [5, 5.41) is 2.86. The van der Waals surface area contributed by atoms with Gasteiger partial charge in [0.1, 0.15) is 0 Å². The van der Waals surface area contributed by atoms with Crippen molar-refractivity contribution >= 4 is 20.2 Å². The molecule has 1 saturated heterocycles. The minimum absolute atomic E-state index is 0.103. The van der Waals surface area contributed by atoms with Gasteiger partial charge in [-0.1, -0.05) is 20.8 Å². The molecule has 1 heterocycles. The molecule has 1 N–H and O–H groups in total. The first-order valence-electron chi connectivity index (χ1n) is 6.61. The summed E-state index contributed by atoms with van der Waals surface area (Å²) in [6, 6.07) is -0.245. The predicted molar refractivity (Wildman–Crippen MR) is 75.2 cm³/mol. The number of β-lactam (4-membered cyclic amide) rings is 1. The van der Waals surface area contributed by atoms with E-state index in [9.17, 15) is 9.59 Å². The standard InChI is InChI=1S/C13H25NO4Si/c1-8(18-19(6,7)13(3,4)5)10-11(12(16)14-10)17-9(2)15/h8,10-11H,1-7H3,(H,14,16)/t8-,10-,11+/m1/s1. The van der Waals surface area contributed by atoms with Crippen molar-refractivity contribution in [2.75, 3.05) is 0 Å². The van der Waals surface area contributed by atoms with E-state index in [1.165, 1.54) is 6.92 Å². The molecule has 0 spiro atoms. The number of nitrogens with one attached hydrogen (secondary N) is 1. The van der Waals surface area contributed by atoms with Crippen molar-refractivity contribution < 1.29 is 18.8 Å². The van der Waals surface area contributed by atoms with Crippen molar-refractivity contribution in [3.63, 3.8) is 0 Å². The molecule has 0 bridgehead atoms. The van der Waals surface area contributed by atoms with E-state index in [1.54, 1.807) is 0 Å². The van der Waals surface area contributed by atoms with Crippen LogP contribution in [0, 0.1) is 0 Å². The minimum Gasteiger partial charge on any atom is -0.450 e. The molecule has 1 aliphatic rings. The van der Waals surface area contributed by atoms with Crippen LogP contribution in [0.4, 0.5) is 0 Å². The zero-order chi connectivity index (χ0) is 15.0. The zero-order valence-corrected chi connectivity index (χ0v) is 13.9. The summed E-state index contributed by atoms with van der Waals surface area (Å²) < 4.78 is 11.2. The topological polar surface area (TPSA) is 64.6 Å². The van der Waals surface area contributed by atoms with Gasteiger partial charge in [-0.25, -0.2) is 0 Å². The van der Waals surface area contributed by atoms with Gasteiger partial charge in [0.25, 0.3) is 5.91 Å². The maximum atomic E-state index is 11.4. The zero-order valence-electron chi connectivity index (χ0n) is 12.9. The van der Waals surface area contributed by atoms with Gasteiger partial charge in [-0.2, -0.15) is 0 Å². The quantitative estimate of drug-likeness (QED) is 0.487. The molecule has 0 aromatic heterocycles. The fraction of sp³-hybridized carbons (Fsp3) is 0.846. The van der Waals surface area contributed by atoms with Crippen LogP contribution in [0.2, 0.25) is 18.1 Å². The second-order valence-corrected chi connectivity index (χ2v) is 11.4. The molecule has 0 unspecified atom stereocenters. The number of carbonyl (C=O) groups excluding carboxylic acids is 2. The molecule has 0 radical (unpaired) electrons. The van der Waals surface area contributed by atoms with Crippen LogP contribution in [0.15, 0.2) is 0 Å². The van der Waals surface area contributed by atoms with Crippen molar-refractivity contribution in [2.24, 2.45) is 0 Å². The van der Waals surface area contributed by atoms with E-state index in [2.05, 4.69) is 39.2 Å². The van der Waals surface area contributed by atoms with Crippen molar-refractivity contribution in [1.29, 1.82) is 0 Å². The molecule has 1 amide bonds. The summed E-state index contributed by atoms with van der Waals surface area (Å²) in [5.74, 6) is -0.685. The number of amides is 1. The second kappa shape index (κ2) is 5.24. The number of hydrogen-bond donors (Lipinski definition) is 1. The molecule has 19 heavy (non-hydrogen) atoms. The fourth-order valence-corrected chi connectivity index (χ4v) is 3.20. The monoisotopic (exact) mass is 287 g/mol. The summed E-state index contributed by atoms with van der Waals surface area (Å²) >= 11 is 0. The highest BCUT2D eigenvalue weighted by atomic mass is 28.4. The van der Waals surface area contributed by atoms with Crippen molar-refractivity contribution in [2.45, 2.75) is 71.0 Å². The van der Waals surface area contributed by atoms with Crippen molar-refractivity contribution in [1.82, 2.24) is 5.32 Å². The van der Waals surface area contributed by atoms with E-state index in [0.29, 0.717) is 0 Å². The Morgan fingerprint density at radius 3 is 2.26 bits per heavy atom. The molecule has 3 atom stereocenters. The van der Waals surface area contributed by atoms with Crippen LogP contribution in [0.1, 0.15) is 34.6 Å². The molecule has 0 aromatic rings. The number of esters is 1. The Kier molecular flexibility index (Phi) is 4.46. The number of ether oxygens (including phenoxy) is 1. The van der Waals surface area contributed by atoms with Gasteiger partial charge in [-0.05, 0) is 25.1 Å². The Bertz CT molecular complexity index is 375. The van der Waals surface area contributed by atoms with Gasteiger partial charge in [0.2, 0.25) is 6.10 Å². The Balaban J connectivity index is 2.66. The van der Waals surface area contributed by atoms with Gasteiger partial charge in [0.15, 0.2) is 8.32 Å². The summed E-state index contributed by atoms with van der Waals surface area (Å²) in [6.45, 7) is 14.0. The van der Waals surface area contributed by atoms with Gasteiger partial charge in [-0.3, -0.25) is 9.59 Å². The highest BCUT2D eigenvalue weighted by Crippen LogP contribution is 2.38. The summed E-state index contributed by atoms with van der Waals surface area (Å²) in [7, 11) is -1.90.